The van der Waals surface area contributed by atoms with Crippen molar-refractivity contribution in [1.29, 1.82) is 0 Å². The van der Waals surface area contributed by atoms with Gasteiger partial charge in [0.2, 0.25) is 0 Å². The summed E-state index contributed by atoms with van der Waals surface area (Å²) in [5, 5.41) is 16.2. The first-order chi connectivity index (χ1) is 34.3. The second-order valence-electron chi connectivity index (χ2n) is 20.6. The summed E-state index contributed by atoms with van der Waals surface area (Å²) in [5.74, 6) is 0. The summed E-state index contributed by atoms with van der Waals surface area (Å²) in [6.45, 7) is 10.1. The highest BCUT2D eigenvalue weighted by atomic mass is 28.3. The van der Waals surface area contributed by atoms with Crippen molar-refractivity contribution < 1.29 is 0 Å². The molecule has 2 aliphatic heterocycles. The van der Waals surface area contributed by atoms with Crippen molar-refractivity contribution >= 4 is 80.0 Å². The molecule has 0 fully saturated rings. The lowest BCUT2D eigenvalue weighted by Gasteiger charge is -2.23. The first-order valence-corrected chi connectivity index (χ1v) is 30.8. The summed E-state index contributed by atoms with van der Waals surface area (Å²) >= 11 is 0. The van der Waals surface area contributed by atoms with Crippen LogP contribution in [0.5, 0.6) is 0 Å². The maximum Gasteiger partial charge on any atom is 0.113 e. The zero-order valence-corrected chi connectivity index (χ0v) is 41.9. The summed E-state index contributed by atoms with van der Waals surface area (Å²) < 4.78 is 0. The van der Waals surface area contributed by atoms with Crippen LogP contribution in [0.2, 0.25) is 26.2 Å². The van der Waals surface area contributed by atoms with Crippen LogP contribution in [0.15, 0.2) is 231 Å². The van der Waals surface area contributed by atoms with Crippen LogP contribution in [0, 0.1) is 0 Å². The zero-order chi connectivity index (χ0) is 46.9. The van der Waals surface area contributed by atoms with Gasteiger partial charge in [-0.2, -0.15) is 0 Å². The minimum Gasteiger partial charge on any atom is -0.0623 e. The smallest absolute Gasteiger partial charge is 0.0623 e. The topological polar surface area (TPSA) is 0 Å². The second-order valence-corrected chi connectivity index (χ2v) is 29.3. The van der Waals surface area contributed by atoms with E-state index >= 15 is 0 Å². The highest BCUT2D eigenvalue weighted by molar-refractivity contribution is 7.04. The molecule has 2 aliphatic rings. The van der Waals surface area contributed by atoms with Crippen LogP contribution in [-0.2, 0) is 0 Å². The number of fused-ring (bicyclic) bond motifs is 10. The van der Waals surface area contributed by atoms with Crippen molar-refractivity contribution in [2.45, 2.75) is 26.2 Å². The van der Waals surface area contributed by atoms with Gasteiger partial charge in [0.25, 0.3) is 0 Å². The number of hydrogen-bond acceptors (Lipinski definition) is 0. The molecule has 0 aliphatic carbocycles. The monoisotopic (exact) mass is 922 g/mol. The van der Waals surface area contributed by atoms with E-state index in [1.807, 2.05) is 0 Å². The third-order valence-electron chi connectivity index (χ3n) is 16.3. The predicted molar refractivity (Wildman–Crippen MR) is 308 cm³/mol. The van der Waals surface area contributed by atoms with Gasteiger partial charge in [-0.1, -0.05) is 245 Å². The van der Waals surface area contributed by atoms with Crippen LogP contribution in [0.4, 0.5) is 0 Å². The summed E-state index contributed by atoms with van der Waals surface area (Å²) in [6, 6.07) is 88.0. The van der Waals surface area contributed by atoms with Gasteiger partial charge >= 0.3 is 0 Å². The molecule has 12 aromatic rings. The maximum atomic E-state index is 2.57. The lowest BCUT2D eigenvalue weighted by molar-refractivity contribution is 1.64. The van der Waals surface area contributed by atoms with E-state index in [2.05, 4.69) is 257 Å². The maximum absolute atomic E-state index is 2.57. The van der Waals surface area contributed by atoms with Crippen LogP contribution < -0.4 is 20.7 Å². The Labute approximate surface area is 412 Å². The van der Waals surface area contributed by atoms with Gasteiger partial charge in [0, 0.05) is 0 Å². The largest absolute Gasteiger partial charge is 0.113 e. The molecule has 0 bridgehead atoms. The fourth-order valence-corrected chi connectivity index (χ4v) is 19.2. The lowest BCUT2D eigenvalue weighted by Crippen LogP contribution is -2.49. The van der Waals surface area contributed by atoms with Gasteiger partial charge in [0.1, 0.15) is 16.1 Å². The molecule has 2 heteroatoms. The Morgan fingerprint density at radius 1 is 0.200 bits per heavy atom. The summed E-state index contributed by atoms with van der Waals surface area (Å²) in [5.41, 5.74) is 18.3. The Kier molecular flexibility index (Phi) is 8.99. The SMILES string of the molecule is C[Si]1(C)c2ccccc2-c2c(-c3cccc4c(-c5c6cccc(-c7ccccc7)c6cc6c(-c7ccccc7)cccc56)c5cccc(-c6cccc7c6-c6ccccc6[Si]7(C)C)c5cc34)cccc21. The van der Waals surface area contributed by atoms with Crippen LogP contribution in [0.3, 0.4) is 0 Å². The van der Waals surface area contributed by atoms with E-state index in [-0.39, 0.29) is 0 Å². The van der Waals surface area contributed by atoms with E-state index in [0.29, 0.717) is 0 Å². The van der Waals surface area contributed by atoms with E-state index in [9.17, 15) is 0 Å². The van der Waals surface area contributed by atoms with E-state index in [0.717, 1.165) is 0 Å². The molecule has 0 aromatic heterocycles. The minimum atomic E-state index is -1.95. The Morgan fingerprint density at radius 2 is 0.486 bits per heavy atom. The van der Waals surface area contributed by atoms with Crippen LogP contribution in [0.25, 0.3) is 121 Å². The quantitative estimate of drug-likeness (QED) is 0.119. The van der Waals surface area contributed by atoms with Crippen molar-refractivity contribution in [3.8, 4) is 77.9 Å². The van der Waals surface area contributed by atoms with Gasteiger partial charge in [0.05, 0.1) is 0 Å². The number of rotatable bonds is 5. The van der Waals surface area contributed by atoms with Gasteiger partial charge < -0.3 is 0 Å². The molecule has 0 atom stereocenters. The van der Waals surface area contributed by atoms with Crippen molar-refractivity contribution in [3.63, 3.8) is 0 Å². The second kappa shape index (κ2) is 15.3. The zero-order valence-electron chi connectivity index (χ0n) is 39.9. The third kappa shape index (κ3) is 5.81. The van der Waals surface area contributed by atoms with Gasteiger partial charge in [0.15, 0.2) is 0 Å². The molecule has 12 aromatic carbocycles. The molecule has 0 N–H and O–H groups in total. The average Bonchev–Trinajstić information content (AvgIpc) is 3.79. The molecule has 0 spiro atoms. The molecular weight excluding hydrogens is 873 g/mol. The third-order valence-corrected chi connectivity index (χ3v) is 23.4. The van der Waals surface area contributed by atoms with Crippen molar-refractivity contribution in [2.24, 2.45) is 0 Å². The molecule has 2 heterocycles. The van der Waals surface area contributed by atoms with Crippen LogP contribution in [0.1, 0.15) is 0 Å². The summed E-state index contributed by atoms with van der Waals surface area (Å²) in [4.78, 5) is 0. The normalized spacial score (nSPS) is 13.9. The van der Waals surface area contributed by atoms with Gasteiger partial charge in [-0.15, -0.1) is 0 Å². The molecule has 330 valence electrons. The van der Waals surface area contributed by atoms with Gasteiger partial charge in [-0.05, 0) is 154 Å². The minimum absolute atomic E-state index is 1.22. The fourth-order valence-electron chi connectivity index (χ4n) is 13.0. The molecule has 0 saturated carbocycles. The highest BCUT2D eigenvalue weighted by Crippen LogP contribution is 2.51. The van der Waals surface area contributed by atoms with Crippen LogP contribution >= 0.6 is 0 Å². The van der Waals surface area contributed by atoms with E-state index in [4.69, 9.17) is 0 Å². The van der Waals surface area contributed by atoms with Crippen LogP contribution in [-0.4, -0.2) is 16.1 Å². The van der Waals surface area contributed by atoms with Crippen molar-refractivity contribution in [1.82, 2.24) is 0 Å². The van der Waals surface area contributed by atoms with Gasteiger partial charge in [-0.3, -0.25) is 0 Å². The van der Waals surface area contributed by atoms with E-state index in [1.165, 1.54) is 142 Å². The molecule has 0 radical (unpaired) electrons. The summed E-state index contributed by atoms with van der Waals surface area (Å²) in [7, 11) is -3.90. The first kappa shape index (κ1) is 41.1. The van der Waals surface area contributed by atoms with E-state index in [1.54, 1.807) is 0 Å². The Hall–Kier alpha value is -7.89. The molecule has 70 heavy (non-hydrogen) atoms. The standard InChI is InChI=1S/C68H50Si2/c1-69(2)61-37-13-11-25-55(61)65-49(35-19-39-63(65)69)47-29-17-33-53-59(47)42-60-48(50-36-20-40-64-66(50)56-26-12-14-38-62(56)70(64,3)4)30-18-34-54(60)68(53)67-51-31-15-27-45(43-21-7-5-8-22-43)57(51)41-58-46(28-16-32-52(58)67)44-23-9-6-10-24-44/h5-42H,1-4H3. The summed E-state index contributed by atoms with van der Waals surface area (Å²) in [6.07, 6.45) is 0. The Bertz CT molecular complexity index is 3900. The van der Waals surface area contributed by atoms with E-state index < -0.39 is 16.1 Å². The molecule has 0 saturated heterocycles. The Balaban J connectivity index is 1.17. The number of benzene rings is 12. The van der Waals surface area contributed by atoms with Crippen molar-refractivity contribution in [3.05, 3.63) is 231 Å². The lowest BCUT2D eigenvalue weighted by atomic mass is 9.81. The van der Waals surface area contributed by atoms with Crippen molar-refractivity contribution in [2.75, 3.05) is 0 Å². The fraction of sp³-hybridized carbons (Fsp3) is 0.0588. The highest BCUT2D eigenvalue weighted by Gasteiger charge is 2.40. The molecule has 0 amide bonds. The predicted octanol–water partition coefficient (Wildman–Crippen LogP) is 16.2. The Morgan fingerprint density at radius 3 is 0.886 bits per heavy atom. The molecule has 0 unspecified atom stereocenters. The molecule has 14 rings (SSSR count). The molecule has 0 nitrogen and oxygen atoms in total. The number of hydrogen-bond donors (Lipinski definition) is 0. The van der Waals surface area contributed by atoms with Gasteiger partial charge in [-0.25, -0.2) is 0 Å². The average molecular weight is 923 g/mol. The first-order valence-electron chi connectivity index (χ1n) is 24.8. The molecular formula is C68H50Si2.